The van der Waals surface area contributed by atoms with E-state index in [1.165, 1.54) is 52.2 Å². The van der Waals surface area contributed by atoms with Crippen molar-refractivity contribution in [3.8, 4) is 0 Å². The van der Waals surface area contributed by atoms with E-state index in [4.69, 9.17) is 57.0 Å². The number of nitrogen functional groups attached to an aromatic ring is 4. The summed E-state index contributed by atoms with van der Waals surface area (Å²) in [7, 11) is 0. The van der Waals surface area contributed by atoms with Gasteiger partial charge >= 0.3 is 5.97 Å². The molecule has 11 rings (SSSR count). The molecule has 6 aromatic carbocycles. The molecule has 5 heterocycles. The average molecular weight is 1270 g/mol. The van der Waals surface area contributed by atoms with E-state index in [0.29, 0.717) is 73.9 Å². The van der Waals surface area contributed by atoms with Crippen molar-refractivity contribution >= 4 is 155 Å². The highest BCUT2D eigenvalue weighted by atomic mass is 35.5. The van der Waals surface area contributed by atoms with Crippen molar-refractivity contribution in [1.82, 2.24) is 34.9 Å². The van der Waals surface area contributed by atoms with Gasteiger partial charge in [0, 0.05) is 73.2 Å². The lowest BCUT2D eigenvalue weighted by Crippen LogP contribution is -2.13. The Balaban J connectivity index is 0.000000163. The third kappa shape index (κ3) is 18.7. The largest absolute Gasteiger partial charge is 0.481 e. The highest BCUT2D eigenvalue weighted by Crippen LogP contribution is 2.26. The van der Waals surface area contributed by atoms with Crippen LogP contribution in [0.15, 0.2) is 154 Å². The zero-order valence-corrected chi connectivity index (χ0v) is 49.9. The van der Waals surface area contributed by atoms with Gasteiger partial charge in [-0.05, 0) is 115 Å². The van der Waals surface area contributed by atoms with Gasteiger partial charge in [0.1, 0.15) is 34.4 Å². The molecule has 0 fully saturated rings. The lowest BCUT2D eigenvalue weighted by molar-refractivity contribution is -0.383. The summed E-state index contributed by atoms with van der Waals surface area (Å²) < 4.78 is 0. The normalized spacial score (nSPS) is 11.1. The Morgan fingerprint density at radius 2 is 1.08 bits per heavy atom. The number of nitrogens with one attached hydrogen (secondary N) is 5. The van der Waals surface area contributed by atoms with E-state index in [2.05, 4.69) is 50.8 Å². The summed E-state index contributed by atoms with van der Waals surface area (Å²) in [5.74, 6) is -1.37. The summed E-state index contributed by atoms with van der Waals surface area (Å²) in [4.78, 5) is 95.1. The number of ketones is 1. The first-order chi connectivity index (χ1) is 41.6. The van der Waals surface area contributed by atoms with Crippen LogP contribution in [0, 0.1) is 10.1 Å². The molecular formula is C58H54Cl2N16O8S3. The van der Waals surface area contributed by atoms with Crippen molar-refractivity contribution in [3.63, 3.8) is 0 Å². The Morgan fingerprint density at radius 3 is 1.54 bits per heavy atom. The minimum absolute atomic E-state index is 0.0448. The van der Waals surface area contributed by atoms with Crippen molar-refractivity contribution in [3.05, 3.63) is 214 Å². The van der Waals surface area contributed by atoms with Crippen molar-refractivity contribution in [1.29, 1.82) is 0 Å². The number of imidazole rings is 2. The molecule has 446 valence electrons. The lowest BCUT2D eigenvalue weighted by Gasteiger charge is -2.10. The number of halogens is 2. The molecule has 2 atom stereocenters. The number of carbonyl (C=O) groups is 5. The molecule has 0 bridgehead atoms. The van der Waals surface area contributed by atoms with Crippen LogP contribution in [0.4, 0.5) is 45.8 Å². The van der Waals surface area contributed by atoms with E-state index in [0.717, 1.165) is 38.8 Å². The number of rotatable bonds is 14. The fourth-order valence-electron chi connectivity index (χ4n) is 7.67. The van der Waals surface area contributed by atoms with Crippen molar-refractivity contribution in [2.75, 3.05) is 38.9 Å². The van der Waals surface area contributed by atoms with Crippen LogP contribution in [-0.4, -0.2) is 74.4 Å². The number of nitro benzene ring substituents is 1. The number of nitro groups is 1. The smallest absolute Gasteiger partial charge is 0.310 e. The standard InChI is InChI=1S/C21H17ClN4O2S.C11H9N5OS.C11H12N4OS.C9H9ClO2.C6H7N3O2/c1-12(13-3-2-4-14(22)7-13)19(27)9-20-25-16-6-5-15(8-17(16)26-20)24-21(28)18-10-29-11-23-18;12-11-15-7-2-1-6(3-8(7)16-11)14-10(17)9-4-18-5-13-9;12-4-7-3-8(1-2-9(7)13)15-11(16)10-5-17-6-14-10;1-6(9(11)12)7-3-2-4-8(10)5-7;7-4-1-2-5(8)6(3-4)9(10)11/h2-8,10-12H,9H2,1H3,(H,24,28)(H,25,26);1-5H,(H,14,17)(H3,12,15,16);1-3,5-6H,4,12-13H2,(H,15,16);2-6H,1H3,(H,11,12);1-3H,7-8H2. The third-order valence-electron chi connectivity index (χ3n) is 12.3. The number of nitrogens with zero attached hydrogens (tertiary/aromatic N) is 6. The first-order valence-electron chi connectivity index (χ1n) is 25.6. The summed E-state index contributed by atoms with van der Waals surface area (Å²) >= 11 is 15.8. The molecular weight excluding hydrogens is 1220 g/mol. The van der Waals surface area contributed by atoms with Crippen LogP contribution in [0.2, 0.25) is 10.0 Å². The molecule has 0 radical (unpaired) electrons. The van der Waals surface area contributed by atoms with Crippen molar-refractivity contribution in [2.45, 2.75) is 38.6 Å². The van der Waals surface area contributed by atoms with Gasteiger partial charge in [-0.2, -0.15) is 0 Å². The third-order valence-corrected chi connectivity index (χ3v) is 14.5. The number of H-pyrrole nitrogens is 2. The van der Waals surface area contributed by atoms with Crippen LogP contribution >= 0.6 is 57.2 Å². The van der Waals surface area contributed by atoms with Crippen LogP contribution in [0.1, 0.15) is 79.7 Å². The van der Waals surface area contributed by atoms with Gasteiger partial charge in [0.05, 0.1) is 55.9 Å². The predicted molar refractivity (Wildman–Crippen MR) is 344 cm³/mol. The molecule has 29 heteroatoms. The van der Waals surface area contributed by atoms with E-state index < -0.39 is 16.8 Å². The number of thiazole rings is 3. The second-order valence-electron chi connectivity index (χ2n) is 18.5. The van der Waals surface area contributed by atoms with Gasteiger partial charge in [0.2, 0.25) is 0 Å². The number of hydrogen-bond donors (Lipinski definition) is 11. The molecule has 0 aliphatic rings. The molecule has 2 unspecified atom stereocenters. The maximum atomic E-state index is 12.7. The number of fused-ring (bicyclic) bond motifs is 2. The summed E-state index contributed by atoms with van der Waals surface area (Å²) in [6, 6.07) is 34.3. The molecule has 0 saturated heterocycles. The van der Waals surface area contributed by atoms with E-state index in [1.54, 1.807) is 131 Å². The number of carbonyl (C=O) groups excluding carboxylic acids is 4. The second kappa shape index (κ2) is 30.6. The topological polar surface area (TPSA) is 411 Å². The number of nitrogens with two attached hydrogens (primary N) is 5. The minimum Gasteiger partial charge on any atom is -0.481 e. The number of anilines is 7. The van der Waals surface area contributed by atoms with Gasteiger partial charge < -0.3 is 59.7 Å². The Kier molecular flexibility index (Phi) is 22.6. The van der Waals surface area contributed by atoms with Crippen LogP contribution in [0.3, 0.4) is 0 Å². The van der Waals surface area contributed by atoms with Crippen molar-refractivity contribution < 1.29 is 34.0 Å². The van der Waals surface area contributed by atoms with Crippen LogP contribution < -0.4 is 44.6 Å². The fraction of sp³-hybridized carbons (Fsp3) is 0.103. The van der Waals surface area contributed by atoms with Gasteiger partial charge in [-0.15, -0.1) is 34.0 Å². The zero-order chi connectivity index (χ0) is 62.7. The number of amides is 3. The van der Waals surface area contributed by atoms with E-state index in [9.17, 15) is 34.1 Å². The van der Waals surface area contributed by atoms with Crippen LogP contribution in [0.5, 0.6) is 0 Å². The van der Waals surface area contributed by atoms with E-state index in [-0.39, 0.29) is 47.2 Å². The zero-order valence-electron chi connectivity index (χ0n) is 45.9. The Labute approximate surface area is 517 Å². The predicted octanol–water partition coefficient (Wildman–Crippen LogP) is 11.4. The monoisotopic (exact) mass is 1270 g/mol. The first-order valence-corrected chi connectivity index (χ1v) is 29.2. The quantitative estimate of drug-likeness (QED) is 0.0274. The van der Waals surface area contributed by atoms with E-state index >= 15 is 0 Å². The average Bonchev–Trinajstić information content (AvgIpc) is 3.01. The number of Topliss-reactive ketones (excluding diaryl/α,β-unsaturated/α-hetero) is 1. The van der Waals surface area contributed by atoms with Gasteiger partial charge in [-0.25, -0.2) is 24.9 Å². The minimum atomic E-state index is -0.836. The molecule has 5 aromatic heterocycles. The molecule has 16 N–H and O–H groups in total. The second-order valence-corrected chi connectivity index (χ2v) is 21.5. The lowest BCUT2D eigenvalue weighted by atomic mass is 9.95. The molecule has 11 aromatic rings. The number of aromatic nitrogens is 7. The molecule has 87 heavy (non-hydrogen) atoms. The Hall–Kier alpha value is -10.2. The summed E-state index contributed by atoms with van der Waals surface area (Å²) in [5, 5.41) is 33.5. The number of aliphatic carboxylic acids is 1. The maximum Gasteiger partial charge on any atom is 0.310 e. The first kappa shape index (κ1) is 64.4. The highest BCUT2D eigenvalue weighted by molar-refractivity contribution is 7.08. The number of carboxylic acid groups (broad SMARTS) is 1. The van der Waals surface area contributed by atoms with Gasteiger partial charge in [0.15, 0.2) is 5.95 Å². The van der Waals surface area contributed by atoms with Crippen LogP contribution in [-0.2, 0) is 22.6 Å². The van der Waals surface area contributed by atoms with Crippen LogP contribution in [0.25, 0.3) is 22.1 Å². The number of hydrogen-bond acceptors (Lipinski definition) is 20. The van der Waals surface area contributed by atoms with E-state index in [1.807, 2.05) is 19.1 Å². The summed E-state index contributed by atoms with van der Waals surface area (Å²) in [6.07, 6.45) is 0.183. The Morgan fingerprint density at radius 1 is 0.609 bits per heavy atom. The summed E-state index contributed by atoms with van der Waals surface area (Å²) in [6.45, 7) is 3.84. The number of aromatic amines is 2. The molecule has 3 amide bonds. The fourth-order valence-corrected chi connectivity index (χ4v) is 9.66. The Bertz CT molecular complexity index is 4180. The summed E-state index contributed by atoms with van der Waals surface area (Å²) in [5.41, 5.74) is 41.8. The van der Waals surface area contributed by atoms with Crippen molar-refractivity contribution in [2.24, 2.45) is 5.73 Å². The molecule has 24 nitrogen and oxygen atoms in total. The molecule has 0 aliphatic carbocycles. The molecule has 0 aliphatic heterocycles. The maximum absolute atomic E-state index is 12.7. The number of carboxylic acids is 1. The molecule has 0 spiro atoms. The highest BCUT2D eigenvalue weighted by Gasteiger charge is 2.19. The number of benzene rings is 6. The van der Waals surface area contributed by atoms with Gasteiger partial charge in [0.25, 0.3) is 23.4 Å². The van der Waals surface area contributed by atoms with Gasteiger partial charge in [-0.3, -0.25) is 34.1 Å². The SMILES string of the molecule is CC(C(=O)Cc1nc2ccc(NC(=O)c3cscn3)cc2[nH]1)c1cccc(Cl)c1.CC(C(=O)O)c1cccc(Cl)c1.NCc1cc(NC(=O)c2cscn2)ccc1N.Nc1ccc(N)c([N+](=O)[O-])c1.Nc1nc2ccc(NC(=O)c3cscn3)cc2[nH]1. The van der Waals surface area contributed by atoms with Gasteiger partial charge in [-0.1, -0.05) is 54.4 Å². The molecule has 0 saturated carbocycles.